The third kappa shape index (κ3) is 1.98. The molecule has 0 aliphatic rings. The minimum Gasteiger partial charge on any atom is -0.382 e. The lowest BCUT2D eigenvalue weighted by atomic mass is 10.0. The molecule has 0 bridgehead atoms. The number of benzene rings is 2. The Kier molecular flexibility index (Phi) is 2.79. The van der Waals surface area contributed by atoms with E-state index in [0.717, 1.165) is 10.9 Å². The summed E-state index contributed by atoms with van der Waals surface area (Å²) in [6, 6.07) is 19.7. The van der Waals surface area contributed by atoms with Gasteiger partial charge < -0.3 is 5.11 Å². The van der Waals surface area contributed by atoms with Gasteiger partial charge in [0, 0.05) is 6.20 Å². The van der Waals surface area contributed by atoms with Crippen molar-refractivity contribution < 1.29 is 5.11 Å². The van der Waals surface area contributed by atoms with Crippen molar-refractivity contribution in [2.24, 2.45) is 0 Å². The summed E-state index contributed by atoms with van der Waals surface area (Å²) in [6.45, 7) is 0. The average molecular weight is 235 g/mol. The van der Waals surface area contributed by atoms with Gasteiger partial charge in [-0.25, -0.2) is 0 Å². The molecule has 1 aromatic heterocycles. The van der Waals surface area contributed by atoms with E-state index < -0.39 is 6.10 Å². The van der Waals surface area contributed by atoms with Crippen molar-refractivity contribution >= 4 is 10.8 Å². The highest BCUT2D eigenvalue weighted by Gasteiger charge is 2.11. The van der Waals surface area contributed by atoms with Crippen LogP contribution in [0.15, 0.2) is 66.9 Å². The number of fused-ring (bicyclic) bond motifs is 1. The average Bonchev–Trinajstić information content (AvgIpc) is 2.47. The molecule has 0 radical (unpaired) electrons. The Labute approximate surface area is 106 Å². The van der Waals surface area contributed by atoms with Crippen molar-refractivity contribution in [2.75, 3.05) is 0 Å². The van der Waals surface area contributed by atoms with Crippen LogP contribution in [0.3, 0.4) is 0 Å². The highest BCUT2D eigenvalue weighted by atomic mass is 16.3. The number of aromatic nitrogens is 1. The highest BCUT2D eigenvalue weighted by molar-refractivity contribution is 5.83. The van der Waals surface area contributed by atoms with Crippen molar-refractivity contribution in [3.8, 4) is 0 Å². The number of aliphatic hydroxyl groups excluding tert-OH is 1. The van der Waals surface area contributed by atoms with E-state index >= 15 is 0 Å². The Morgan fingerprint density at radius 3 is 2.39 bits per heavy atom. The first-order valence-corrected chi connectivity index (χ1v) is 5.92. The molecule has 0 aliphatic carbocycles. The standard InChI is InChI=1S/C16H13NO/c18-16(15-7-3-4-10-17-15)14-9-8-12-5-1-2-6-13(12)11-14/h1-11,16,18H. The number of aliphatic hydroxyl groups is 1. The lowest BCUT2D eigenvalue weighted by Crippen LogP contribution is -2.01. The molecular weight excluding hydrogens is 222 g/mol. The van der Waals surface area contributed by atoms with Crippen molar-refractivity contribution in [3.05, 3.63) is 78.1 Å². The molecule has 0 spiro atoms. The van der Waals surface area contributed by atoms with Gasteiger partial charge in [-0.1, -0.05) is 42.5 Å². The largest absolute Gasteiger partial charge is 0.382 e. The summed E-state index contributed by atoms with van der Waals surface area (Å²) in [5, 5.41) is 12.6. The molecule has 2 nitrogen and oxygen atoms in total. The van der Waals surface area contributed by atoms with Crippen LogP contribution in [0.5, 0.6) is 0 Å². The molecule has 3 rings (SSSR count). The molecule has 0 aliphatic heterocycles. The van der Waals surface area contributed by atoms with Gasteiger partial charge in [0.1, 0.15) is 6.10 Å². The second-order valence-electron chi connectivity index (χ2n) is 4.26. The second kappa shape index (κ2) is 4.59. The van der Waals surface area contributed by atoms with Crippen LogP contribution in [0.1, 0.15) is 17.4 Å². The molecule has 1 N–H and O–H groups in total. The van der Waals surface area contributed by atoms with Gasteiger partial charge >= 0.3 is 0 Å². The van der Waals surface area contributed by atoms with Crippen LogP contribution in [0.25, 0.3) is 10.8 Å². The first kappa shape index (κ1) is 10.9. The summed E-state index contributed by atoms with van der Waals surface area (Å²) in [4.78, 5) is 4.19. The van der Waals surface area contributed by atoms with Gasteiger partial charge in [-0.3, -0.25) is 4.98 Å². The van der Waals surface area contributed by atoms with Crippen molar-refractivity contribution in [3.63, 3.8) is 0 Å². The molecule has 0 amide bonds. The Hall–Kier alpha value is -2.19. The van der Waals surface area contributed by atoms with Gasteiger partial charge in [-0.15, -0.1) is 0 Å². The topological polar surface area (TPSA) is 33.1 Å². The molecule has 2 aromatic carbocycles. The van der Waals surface area contributed by atoms with Gasteiger partial charge in [0.25, 0.3) is 0 Å². The van der Waals surface area contributed by atoms with E-state index in [0.29, 0.717) is 5.69 Å². The summed E-state index contributed by atoms with van der Waals surface area (Å²) in [5.74, 6) is 0. The molecular formula is C16H13NO. The van der Waals surface area contributed by atoms with E-state index in [2.05, 4.69) is 11.1 Å². The number of rotatable bonds is 2. The Morgan fingerprint density at radius 1 is 0.833 bits per heavy atom. The van der Waals surface area contributed by atoms with E-state index in [-0.39, 0.29) is 0 Å². The second-order valence-corrected chi connectivity index (χ2v) is 4.26. The summed E-state index contributed by atoms with van der Waals surface area (Å²) in [7, 11) is 0. The van der Waals surface area contributed by atoms with Crippen LogP contribution < -0.4 is 0 Å². The predicted octanol–water partition coefficient (Wildman–Crippen LogP) is 3.32. The van der Waals surface area contributed by atoms with Crippen LogP contribution in [0.2, 0.25) is 0 Å². The molecule has 88 valence electrons. The minimum atomic E-state index is -0.671. The smallest absolute Gasteiger partial charge is 0.121 e. The molecule has 1 unspecified atom stereocenters. The van der Waals surface area contributed by atoms with E-state index in [1.807, 2.05) is 54.6 Å². The summed E-state index contributed by atoms with van der Waals surface area (Å²) in [6.07, 6.45) is 1.02. The SMILES string of the molecule is OC(c1ccc2ccccc2c1)c1ccccn1. The normalized spacial score (nSPS) is 12.5. The first-order valence-electron chi connectivity index (χ1n) is 5.92. The summed E-state index contributed by atoms with van der Waals surface area (Å²) < 4.78 is 0. The molecule has 0 saturated heterocycles. The maximum Gasteiger partial charge on any atom is 0.121 e. The molecule has 0 fully saturated rings. The lowest BCUT2D eigenvalue weighted by Gasteiger charge is -2.11. The van der Waals surface area contributed by atoms with Gasteiger partial charge in [-0.05, 0) is 34.5 Å². The Bertz CT molecular complexity index is 664. The number of nitrogens with zero attached hydrogens (tertiary/aromatic N) is 1. The van der Waals surface area contributed by atoms with Gasteiger partial charge in [-0.2, -0.15) is 0 Å². The highest BCUT2D eigenvalue weighted by Crippen LogP contribution is 2.24. The molecule has 0 saturated carbocycles. The zero-order valence-corrected chi connectivity index (χ0v) is 9.82. The van der Waals surface area contributed by atoms with Crippen molar-refractivity contribution in [1.29, 1.82) is 0 Å². The minimum absolute atomic E-state index is 0.671. The molecule has 1 heterocycles. The van der Waals surface area contributed by atoms with Gasteiger partial charge in [0.05, 0.1) is 5.69 Å². The van der Waals surface area contributed by atoms with Crippen LogP contribution in [-0.4, -0.2) is 10.1 Å². The zero-order valence-electron chi connectivity index (χ0n) is 9.82. The lowest BCUT2D eigenvalue weighted by molar-refractivity contribution is 0.215. The van der Waals surface area contributed by atoms with Crippen LogP contribution in [0.4, 0.5) is 0 Å². The third-order valence-electron chi connectivity index (χ3n) is 3.06. The fourth-order valence-electron chi connectivity index (χ4n) is 2.09. The number of pyridine rings is 1. The maximum absolute atomic E-state index is 10.3. The van der Waals surface area contributed by atoms with E-state index in [1.54, 1.807) is 6.20 Å². The Morgan fingerprint density at radius 2 is 1.61 bits per heavy atom. The first-order chi connectivity index (χ1) is 8.84. The monoisotopic (exact) mass is 235 g/mol. The molecule has 3 aromatic rings. The van der Waals surface area contributed by atoms with E-state index in [4.69, 9.17) is 0 Å². The fourth-order valence-corrected chi connectivity index (χ4v) is 2.09. The molecule has 18 heavy (non-hydrogen) atoms. The zero-order chi connectivity index (χ0) is 12.4. The van der Waals surface area contributed by atoms with Gasteiger partial charge in [0.15, 0.2) is 0 Å². The van der Waals surface area contributed by atoms with Crippen LogP contribution >= 0.6 is 0 Å². The number of hydrogen-bond acceptors (Lipinski definition) is 2. The number of hydrogen-bond donors (Lipinski definition) is 1. The van der Waals surface area contributed by atoms with Gasteiger partial charge in [0.2, 0.25) is 0 Å². The predicted molar refractivity (Wildman–Crippen MR) is 72.2 cm³/mol. The van der Waals surface area contributed by atoms with E-state index in [9.17, 15) is 5.11 Å². The van der Waals surface area contributed by atoms with Crippen LogP contribution in [-0.2, 0) is 0 Å². The van der Waals surface area contributed by atoms with Crippen LogP contribution in [0, 0.1) is 0 Å². The van der Waals surface area contributed by atoms with E-state index in [1.165, 1.54) is 5.39 Å². The van der Waals surface area contributed by atoms with Crippen molar-refractivity contribution in [2.45, 2.75) is 6.10 Å². The molecule has 1 atom stereocenters. The molecule has 2 heteroatoms. The Balaban J connectivity index is 2.04. The summed E-state index contributed by atoms with van der Waals surface area (Å²) in [5.41, 5.74) is 1.54. The quantitative estimate of drug-likeness (QED) is 0.739. The fraction of sp³-hybridized carbons (Fsp3) is 0.0625. The third-order valence-corrected chi connectivity index (χ3v) is 3.06. The summed E-state index contributed by atoms with van der Waals surface area (Å²) >= 11 is 0. The van der Waals surface area contributed by atoms with Crippen molar-refractivity contribution in [1.82, 2.24) is 4.98 Å². The maximum atomic E-state index is 10.3.